The summed E-state index contributed by atoms with van der Waals surface area (Å²) in [7, 11) is -3.30. The minimum Gasteiger partial charge on any atom is -0.456 e. The average Bonchev–Trinajstić information content (AvgIpc) is 3.51. The Balaban J connectivity index is 1.29. The van der Waals surface area contributed by atoms with E-state index >= 15 is 0 Å². The molecule has 1 aliphatic heterocycles. The molecular formula is C66H73B2N4O7+. The smallest absolute Gasteiger partial charge is 0.456 e. The molecule has 0 fully saturated rings. The first-order valence-electron chi connectivity index (χ1n) is 27.5. The number of nitrogens with one attached hydrogen (secondary N) is 1. The number of hydrogen-bond donors (Lipinski definition) is 5. The first-order valence-corrected chi connectivity index (χ1v) is 27.5. The monoisotopic (exact) mass is 1060 g/mol. The Labute approximate surface area is 465 Å². The zero-order chi connectivity index (χ0) is 56.0. The molecule has 79 heavy (non-hydrogen) atoms. The van der Waals surface area contributed by atoms with Crippen molar-refractivity contribution in [3.8, 4) is 22.6 Å². The van der Waals surface area contributed by atoms with Gasteiger partial charge in [0, 0.05) is 68.5 Å². The molecule has 0 radical (unpaired) electrons. The van der Waals surface area contributed by atoms with Crippen LogP contribution >= 0.6 is 0 Å². The van der Waals surface area contributed by atoms with Crippen molar-refractivity contribution in [1.29, 1.82) is 0 Å². The number of carbonyl (C=O) groups excluding carboxylic acids is 2. The van der Waals surface area contributed by atoms with E-state index in [4.69, 9.17) is 4.42 Å². The first kappa shape index (κ1) is 57.7. The first-order chi connectivity index (χ1) is 38.2. The van der Waals surface area contributed by atoms with E-state index in [-0.39, 0.29) is 11.7 Å². The molecule has 0 aromatic heterocycles. The Bertz CT molecular complexity index is 3530. The van der Waals surface area contributed by atoms with Gasteiger partial charge in [-0.05, 0) is 143 Å². The molecule has 2 aliphatic rings. The Morgan fingerprint density at radius 1 is 0.595 bits per heavy atom. The number of allylic oxidation sites excluding steroid dienone is 1. The number of benzene rings is 7. The number of carbonyl (C=O) groups is 2. The molecule has 0 saturated carbocycles. The van der Waals surface area contributed by atoms with E-state index in [1.54, 1.807) is 32.0 Å². The number of unbranched alkanes of at least 4 members (excludes halogenated alkanes) is 1. The summed E-state index contributed by atoms with van der Waals surface area (Å²) in [6.45, 7) is 20.7. The number of hydrogen-bond acceptors (Lipinski definition) is 9. The minimum absolute atomic E-state index is 0.0497. The van der Waals surface area contributed by atoms with Gasteiger partial charge in [0.15, 0.2) is 5.78 Å². The maximum atomic E-state index is 12.7. The summed E-state index contributed by atoms with van der Waals surface area (Å²) in [5, 5.41) is 50.4. The summed E-state index contributed by atoms with van der Waals surface area (Å²) in [4.78, 5) is 29.9. The van der Waals surface area contributed by atoms with Gasteiger partial charge >= 0.3 is 14.2 Å². The topological polar surface area (TPSA) is 150 Å². The Morgan fingerprint density at radius 2 is 1.16 bits per heavy atom. The summed E-state index contributed by atoms with van der Waals surface area (Å²) < 4.78 is 8.99. The Kier molecular flexibility index (Phi) is 20.0. The molecule has 0 spiro atoms. The summed E-state index contributed by atoms with van der Waals surface area (Å²) in [5.74, 6) is 1.41. The Morgan fingerprint density at radius 3 is 1.76 bits per heavy atom. The van der Waals surface area contributed by atoms with Crippen molar-refractivity contribution in [1.82, 2.24) is 19.7 Å². The van der Waals surface area contributed by atoms with Gasteiger partial charge in [0.25, 0.3) is 0 Å². The summed E-state index contributed by atoms with van der Waals surface area (Å²) in [6.07, 6.45) is 6.77. The molecule has 0 bridgehead atoms. The van der Waals surface area contributed by atoms with Crippen LogP contribution in [0.2, 0.25) is 0 Å². The van der Waals surface area contributed by atoms with Crippen LogP contribution in [0.1, 0.15) is 86.8 Å². The van der Waals surface area contributed by atoms with Crippen LogP contribution in [-0.2, 0) is 35.8 Å². The van der Waals surface area contributed by atoms with Crippen LogP contribution in [0.15, 0.2) is 174 Å². The van der Waals surface area contributed by atoms with Crippen molar-refractivity contribution in [3.05, 3.63) is 209 Å². The Hall–Kier alpha value is -7.48. The SMILES string of the molecule is C=C(C)C(=O)CCCCN(Cc1ccccc1B(O)O)Cc1c2ccccc2c(CN(CCCNC(=O)C(=C)C)Cc2ccccc2B(O)O)c2ccc(/C=C/c3cc(-c4ccccc4)oc4cc(=[N+](CC)CC)ccc3-4)cc12. The van der Waals surface area contributed by atoms with Gasteiger partial charge in [-0.1, -0.05) is 141 Å². The van der Waals surface area contributed by atoms with Crippen molar-refractivity contribution < 1.29 is 34.1 Å². The highest BCUT2D eigenvalue weighted by Gasteiger charge is 2.24. The van der Waals surface area contributed by atoms with E-state index in [2.05, 4.69) is 138 Å². The highest BCUT2D eigenvalue weighted by atomic mass is 16.4. The van der Waals surface area contributed by atoms with Gasteiger partial charge in [0.05, 0.1) is 6.07 Å². The number of nitrogens with zero attached hydrogens (tertiary/aromatic N) is 3. The number of rotatable bonds is 26. The van der Waals surface area contributed by atoms with Gasteiger partial charge in [0.1, 0.15) is 24.6 Å². The molecule has 0 atom stereocenters. The number of ketones is 1. The van der Waals surface area contributed by atoms with Crippen LogP contribution in [-0.4, -0.2) is 88.5 Å². The molecule has 0 saturated heterocycles. The molecule has 1 heterocycles. The number of amides is 1. The van der Waals surface area contributed by atoms with Gasteiger partial charge in [0.2, 0.25) is 11.3 Å². The van der Waals surface area contributed by atoms with Crippen molar-refractivity contribution in [2.75, 3.05) is 32.7 Å². The van der Waals surface area contributed by atoms with Crippen LogP contribution in [0.4, 0.5) is 0 Å². The van der Waals surface area contributed by atoms with Gasteiger partial charge in [-0.15, -0.1) is 0 Å². The van der Waals surface area contributed by atoms with Crippen LogP contribution in [0.3, 0.4) is 0 Å². The predicted octanol–water partition coefficient (Wildman–Crippen LogP) is 9.10. The molecule has 11 nitrogen and oxygen atoms in total. The molecule has 5 N–H and O–H groups in total. The minimum atomic E-state index is -1.65. The van der Waals surface area contributed by atoms with Crippen molar-refractivity contribution in [2.45, 2.75) is 79.6 Å². The van der Waals surface area contributed by atoms with Crippen molar-refractivity contribution in [3.63, 3.8) is 0 Å². The predicted molar refractivity (Wildman–Crippen MR) is 324 cm³/mol. The van der Waals surface area contributed by atoms with Crippen molar-refractivity contribution >= 4 is 70.5 Å². The second-order valence-electron chi connectivity index (χ2n) is 20.5. The van der Waals surface area contributed by atoms with Crippen LogP contribution in [0.5, 0.6) is 0 Å². The highest BCUT2D eigenvalue weighted by molar-refractivity contribution is 6.59. The number of fused-ring (bicyclic) bond motifs is 3. The van der Waals surface area contributed by atoms with Gasteiger partial charge in [-0.3, -0.25) is 19.4 Å². The maximum absolute atomic E-state index is 12.7. The van der Waals surface area contributed by atoms with Gasteiger partial charge < -0.3 is 29.8 Å². The molecule has 1 aliphatic carbocycles. The lowest BCUT2D eigenvalue weighted by atomic mass is 9.77. The molecule has 0 unspecified atom stereocenters. The molecule has 6 aromatic rings. The van der Waals surface area contributed by atoms with E-state index in [1.807, 2.05) is 48.5 Å². The van der Waals surface area contributed by atoms with Crippen LogP contribution in [0.25, 0.3) is 56.3 Å². The summed E-state index contributed by atoms with van der Waals surface area (Å²) >= 11 is 0. The third-order valence-corrected chi connectivity index (χ3v) is 14.8. The molecular weight excluding hydrogens is 982 g/mol. The fraction of sp³-hybridized carbons (Fsp3) is 0.258. The zero-order valence-electron chi connectivity index (χ0n) is 46.1. The third-order valence-electron chi connectivity index (χ3n) is 14.8. The van der Waals surface area contributed by atoms with Gasteiger partial charge in [-0.25, -0.2) is 4.58 Å². The molecule has 404 valence electrons. The quantitative estimate of drug-likeness (QED) is 0.0118. The molecule has 8 rings (SSSR count). The van der Waals surface area contributed by atoms with E-state index in [1.165, 1.54) is 0 Å². The van der Waals surface area contributed by atoms with Crippen LogP contribution < -0.4 is 26.2 Å². The van der Waals surface area contributed by atoms with E-state index in [0.717, 1.165) is 102 Å². The number of Topliss-reactive ketones (excluding diaryl/α,β-unsaturated/α-hetero) is 1. The highest BCUT2D eigenvalue weighted by Crippen LogP contribution is 2.37. The van der Waals surface area contributed by atoms with Crippen molar-refractivity contribution in [2.24, 2.45) is 0 Å². The summed E-state index contributed by atoms with van der Waals surface area (Å²) in [6, 6.07) is 48.6. The van der Waals surface area contributed by atoms with Gasteiger partial charge in [-0.2, -0.15) is 0 Å². The fourth-order valence-corrected chi connectivity index (χ4v) is 10.6. The van der Waals surface area contributed by atoms with E-state index < -0.39 is 14.2 Å². The molecule has 1 amide bonds. The lowest BCUT2D eigenvalue weighted by Crippen LogP contribution is -2.36. The van der Waals surface area contributed by atoms with E-state index in [0.29, 0.717) is 87.1 Å². The second kappa shape index (κ2) is 27.4. The van der Waals surface area contributed by atoms with E-state index in [9.17, 15) is 29.7 Å². The van der Waals surface area contributed by atoms with Crippen LogP contribution in [0, 0.1) is 0 Å². The second-order valence-corrected chi connectivity index (χ2v) is 20.5. The normalized spacial score (nSPS) is 11.6. The fourth-order valence-electron chi connectivity index (χ4n) is 10.6. The maximum Gasteiger partial charge on any atom is 0.488 e. The largest absolute Gasteiger partial charge is 0.488 e. The zero-order valence-corrected chi connectivity index (χ0v) is 46.1. The molecule has 13 heteroatoms. The molecule has 6 aromatic carbocycles. The average molecular weight is 1060 g/mol. The standard InChI is InChI=1S/C66H72B2N4O7/c1-7-72(8-2)53-33-35-54-50(40-64(79-65(54)41-53)49-21-10-9-11-22-49)32-30-48-31-34-57-58(39-48)60(45-70(37-19-18-29-63(73)46(3)4)42-51-23-12-16-27-61(51)67(75)76)56-26-15-14-25-55(56)59(57)44-71(38-20-36-69-66(74)47(5)6)43-52-24-13-17-28-62(52)68(77)78/h9-17,21-28,30-35,39-41,75-78H,3,5,7-8,18-20,29,36-38,42-45H2,1-2,4,6H3/p+1/b32-30+. The summed E-state index contributed by atoms with van der Waals surface area (Å²) in [5.41, 5.74) is 9.62. The lowest BCUT2D eigenvalue weighted by Gasteiger charge is -2.28. The third kappa shape index (κ3) is 14.6. The lowest BCUT2D eigenvalue weighted by molar-refractivity contribution is -0.117.